The van der Waals surface area contributed by atoms with Crippen LogP contribution in [0.5, 0.6) is 5.75 Å². The fraction of sp³-hybridized carbons (Fsp3) is 0.333. The molecular weight excluding hydrogens is 518 g/mol. The van der Waals surface area contributed by atoms with Gasteiger partial charge in [-0.1, -0.05) is 23.7 Å². The number of hydrogen-bond acceptors (Lipinski definition) is 9. The third-order valence-corrected chi connectivity index (χ3v) is 7.56. The number of imidazole rings is 1. The number of nitrogens with zero attached hydrogens (tertiary/aromatic N) is 7. The number of aromatic nitrogens is 4. The molecule has 0 aliphatic carbocycles. The van der Waals surface area contributed by atoms with E-state index in [0.29, 0.717) is 22.4 Å². The number of ether oxygens (including phenoxy) is 1. The topological polar surface area (TPSA) is 103 Å². The van der Waals surface area contributed by atoms with Crippen molar-refractivity contribution in [1.29, 1.82) is 0 Å². The molecule has 2 aliphatic heterocycles. The van der Waals surface area contributed by atoms with E-state index in [4.69, 9.17) is 21.3 Å². The molecule has 5 heterocycles. The molecule has 1 unspecified atom stereocenters. The molecular formula is C27H30ClN9O2. The summed E-state index contributed by atoms with van der Waals surface area (Å²) < 4.78 is 7.73. The standard InChI is InChI=1S/C27H30ClN9O2/c1-39-24-14-19(22-16-29-7-9-37(22)35-12-10-34(18-38)11-13-35)5-6-21(24)32-27-31-15-20(28)26(33-27)23-17-30-25-4-2-3-8-36(23)25/h2-6,8,14-15,17-18,22,29H,7,9-13,16H2,1H3,(H,31,32,33). The Morgan fingerprint density at radius 2 is 1.97 bits per heavy atom. The molecule has 4 aromatic rings. The van der Waals surface area contributed by atoms with Crippen molar-refractivity contribution in [1.82, 2.24) is 39.6 Å². The van der Waals surface area contributed by atoms with Crippen LogP contribution in [-0.4, -0.2) is 93.6 Å². The van der Waals surface area contributed by atoms with Crippen molar-refractivity contribution in [2.45, 2.75) is 6.04 Å². The predicted molar refractivity (Wildman–Crippen MR) is 149 cm³/mol. The van der Waals surface area contributed by atoms with Gasteiger partial charge in [-0.15, -0.1) is 0 Å². The Hall–Kier alpha value is -3.77. The van der Waals surface area contributed by atoms with Gasteiger partial charge in [-0.25, -0.2) is 25.0 Å². The molecule has 0 spiro atoms. The van der Waals surface area contributed by atoms with Crippen LogP contribution in [0.2, 0.25) is 5.02 Å². The van der Waals surface area contributed by atoms with Crippen LogP contribution in [-0.2, 0) is 4.79 Å². The Kier molecular flexibility index (Phi) is 7.29. The van der Waals surface area contributed by atoms with E-state index in [-0.39, 0.29) is 6.04 Å². The number of amides is 1. The second-order valence-electron chi connectivity index (χ2n) is 9.53. The number of fused-ring (bicyclic) bond motifs is 1. The van der Waals surface area contributed by atoms with Gasteiger partial charge in [0, 0.05) is 52.0 Å². The summed E-state index contributed by atoms with van der Waals surface area (Å²) in [5.41, 5.74) is 4.07. The van der Waals surface area contributed by atoms with Gasteiger partial charge in [-0.3, -0.25) is 9.20 Å². The molecule has 202 valence electrons. The maximum Gasteiger partial charge on any atom is 0.227 e. The highest BCUT2D eigenvalue weighted by Crippen LogP contribution is 2.34. The Bertz CT molecular complexity index is 1470. The molecule has 6 rings (SSSR count). The molecule has 3 aromatic heterocycles. The third-order valence-electron chi connectivity index (χ3n) is 7.28. The summed E-state index contributed by atoms with van der Waals surface area (Å²) in [6.07, 6.45) is 6.21. The van der Waals surface area contributed by atoms with E-state index in [1.165, 1.54) is 0 Å². The maximum atomic E-state index is 11.2. The SMILES string of the molecule is COc1cc(C2CNCCN2N2CCN(C=O)CC2)ccc1Nc1ncc(Cl)c(-c2cnc3ccccn23)n1. The van der Waals surface area contributed by atoms with Gasteiger partial charge in [0.2, 0.25) is 12.4 Å². The van der Waals surface area contributed by atoms with Crippen LogP contribution in [0, 0.1) is 0 Å². The van der Waals surface area contributed by atoms with Crippen LogP contribution in [0.1, 0.15) is 11.6 Å². The Morgan fingerprint density at radius 3 is 2.79 bits per heavy atom. The molecule has 12 heteroatoms. The number of nitrogens with one attached hydrogen (secondary N) is 2. The van der Waals surface area contributed by atoms with E-state index in [0.717, 1.165) is 74.8 Å². The van der Waals surface area contributed by atoms with Crippen LogP contribution < -0.4 is 15.4 Å². The van der Waals surface area contributed by atoms with Crippen molar-refractivity contribution in [3.63, 3.8) is 0 Å². The third kappa shape index (κ3) is 5.13. The Morgan fingerprint density at radius 1 is 1.10 bits per heavy atom. The number of carbonyl (C=O) groups is 1. The normalized spacial score (nSPS) is 18.8. The lowest BCUT2D eigenvalue weighted by Crippen LogP contribution is -2.59. The second-order valence-corrected chi connectivity index (χ2v) is 9.93. The van der Waals surface area contributed by atoms with Crippen LogP contribution in [0.4, 0.5) is 11.6 Å². The first kappa shape index (κ1) is 25.5. The first-order chi connectivity index (χ1) is 19.1. The second kappa shape index (κ2) is 11.1. The number of anilines is 2. The molecule has 11 nitrogen and oxygen atoms in total. The lowest BCUT2D eigenvalue weighted by atomic mass is 10.0. The number of piperazine rings is 2. The van der Waals surface area contributed by atoms with Crippen LogP contribution in [0.25, 0.3) is 17.0 Å². The number of hydrazine groups is 1. The number of carbonyl (C=O) groups excluding carboxylic acids is 1. The molecule has 0 bridgehead atoms. The van der Waals surface area contributed by atoms with E-state index in [1.54, 1.807) is 19.5 Å². The minimum atomic E-state index is 0.151. The summed E-state index contributed by atoms with van der Waals surface area (Å²) in [5.74, 6) is 1.10. The van der Waals surface area contributed by atoms with Gasteiger partial charge >= 0.3 is 0 Å². The molecule has 1 aromatic carbocycles. The van der Waals surface area contributed by atoms with Gasteiger partial charge in [-0.05, 0) is 29.8 Å². The van der Waals surface area contributed by atoms with E-state index in [1.807, 2.05) is 39.8 Å². The van der Waals surface area contributed by atoms with Crippen LogP contribution in [0.3, 0.4) is 0 Å². The summed E-state index contributed by atoms with van der Waals surface area (Å²) in [4.78, 5) is 26.6. The van der Waals surface area contributed by atoms with Gasteiger partial charge in [0.05, 0.1) is 41.9 Å². The lowest BCUT2D eigenvalue weighted by molar-refractivity contribution is -0.128. The van der Waals surface area contributed by atoms with Gasteiger partial charge in [0.1, 0.15) is 17.1 Å². The molecule has 39 heavy (non-hydrogen) atoms. The van der Waals surface area contributed by atoms with Crippen molar-refractivity contribution >= 4 is 35.3 Å². The molecule has 1 atom stereocenters. The number of hydrogen-bond donors (Lipinski definition) is 2. The lowest BCUT2D eigenvalue weighted by Gasteiger charge is -2.46. The fourth-order valence-corrected chi connectivity index (χ4v) is 5.44. The number of rotatable bonds is 7. The molecule has 2 aliphatic rings. The van der Waals surface area contributed by atoms with Crippen molar-refractivity contribution in [3.05, 3.63) is 65.6 Å². The maximum absolute atomic E-state index is 11.2. The molecule has 2 N–H and O–H groups in total. The van der Waals surface area contributed by atoms with E-state index in [9.17, 15) is 4.79 Å². The zero-order valence-corrected chi connectivity index (χ0v) is 22.4. The van der Waals surface area contributed by atoms with Crippen molar-refractivity contribution in [2.24, 2.45) is 0 Å². The highest BCUT2D eigenvalue weighted by atomic mass is 35.5. The average molecular weight is 548 g/mol. The summed E-state index contributed by atoms with van der Waals surface area (Å²) in [6, 6.07) is 12.1. The number of pyridine rings is 1. The summed E-state index contributed by atoms with van der Waals surface area (Å²) >= 11 is 6.50. The van der Waals surface area contributed by atoms with E-state index >= 15 is 0 Å². The monoisotopic (exact) mass is 547 g/mol. The molecule has 0 saturated carbocycles. The number of halogens is 1. The summed E-state index contributed by atoms with van der Waals surface area (Å²) in [5, 5.41) is 12.1. The van der Waals surface area contributed by atoms with Gasteiger partial charge < -0.3 is 20.3 Å². The predicted octanol–water partition coefficient (Wildman–Crippen LogP) is 2.83. The minimum Gasteiger partial charge on any atom is -0.495 e. The van der Waals surface area contributed by atoms with Gasteiger partial charge in [-0.2, -0.15) is 0 Å². The van der Waals surface area contributed by atoms with E-state index in [2.05, 4.69) is 42.8 Å². The highest BCUT2D eigenvalue weighted by molar-refractivity contribution is 6.32. The van der Waals surface area contributed by atoms with Crippen LogP contribution >= 0.6 is 11.6 Å². The summed E-state index contributed by atoms with van der Waals surface area (Å²) in [6.45, 7) is 5.79. The van der Waals surface area contributed by atoms with Crippen molar-refractivity contribution in [2.75, 3.05) is 58.2 Å². The zero-order chi connectivity index (χ0) is 26.8. The number of benzene rings is 1. The average Bonchev–Trinajstić information content (AvgIpc) is 3.42. The van der Waals surface area contributed by atoms with Crippen LogP contribution in [0.15, 0.2) is 55.0 Å². The smallest absolute Gasteiger partial charge is 0.227 e. The molecule has 2 fully saturated rings. The van der Waals surface area contributed by atoms with Gasteiger partial charge in [0.15, 0.2) is 0 Å². The van der Waals surface area contributed by atoms with Crippen molar-refractivity contribution < 1.29 is 9.53 Å². The first-order valence-corrected chi connectivity index (χ1v) is 13.3. The minimum absolute atomic E-state index is 0.151. The Labute approximate surface area is 231 Å². The summed E-state index contributed by atoms with van der Waals surface area (Å²) in [7, 11) is 1.66. The molecule has 2 saturated heterocycles. The fourth-order valence-electron chi connectivity index (χ4n) is 5.25. The Balaban J connectivity index is 1.25. The molecule has 0 radical (unpaired) electrons. The number of methoxy groups -OCH3 is 1. The highest BCUT2D eigenvalue weighted by Gasteiger charge is 2.31. The van der Waals surface area contributed by atoms with E-state index < -0.39 is 0 Å². The quantitative estimate of drug-likeness (QED) is 0.338. The van der Waals surface area contributed by atoms with Gasteiger partial charge in [0.25, 0.3) is 0 Å². The largest absolute Gasteiger partial charge is 0.495 e. The van der Waals surface area contributed by atoms with Crippen molar-refractivity contribution in [3.8, 4) is 17.1 Å². The first-order valence-electron chi connectivity index (χ1n) is 13.0. The molecule has 1 amide bonds. The zero-order valence-electron chi connectivity index (χ0n) is 21.6.